The lowest BCUT2D eigenvalue weighted by Gasteiger charge is -2.25. The van der Waals surface area contributed by atoms with Gasteiger partial charge in [-0.1, -0.05) is 134 Å². The van der Waals surface area contributed by atoms with Crippen molar-refractivity contribution in [1.29, 1.82) is 0 Å². The molecule has 2 heteroatoms. The van der Waals surface area contributed by atoms with E-state index >= 15 is 0 Å². The maximum Gasteiger partial charge on any atom is 0.0720 e. The summed E-state index contributed by atoms with van der Waals surface area (Å²) in [4.78, 5) is 0. The fourth-order valence-electron chi connectivity index (χ4n) is 4.46. The number of unbranched alkanes of at least 4 members (excludes halogenated alkanes) is 11. The molecule has 0 saturated carbocycles. The summed E-state index contributed by atoms with van der Waals surface area (Å²) >= 11 is 0. The van der Waals surface area contributed by atoms with Crippen molar-refractivity contribution in [2.24, 2.45) is 5.92 Å². The van der Waals surface area contributed by atoms with E-state index < -0.39 is 0 Å². The van der Waals surface area contributed by atoms with Gasteiger partial charge in [0.25, 0.3) is 0 Å². The van der Waals surface area contributed by atoms with Crippen molar-refractivity contribution >= 4 is 0 Å². The van der Waals surface area contributed by atoms with Gasteiger partial charge in [-0.05, 0) is 18.4 Å². The Kier molecular flexibility index (Phi) is 18.5. The molecule has 1 rings (SSSR count). The fourth-order valence-corrected chi connectivity index (χ4v) is 4.46. The van der Waals surface area contributed by atoms with Gasteiger partial charge in [0.1, 0.15) is 0 Å². The molecule has 0 aliphatic heterocycles. The van der Waals surface area contributed by atoms with E-state index in [4.69, 9.17) is 4.74 Å². The molecule has 3 atom stereocenters. The van der Waals surface area contributed by atoms with Crippen LogP contribution in [0, 0.1) is 5.92 Å². The normalized spacial score (nSPS) is 14.2. The third-order valence-corrected chi connectivity index (χ3v) is 6.65. The zero-order valence-electron chi connectivity index (χ0n) is 21.3. The smallest absolute Gasteiger partial charge is 0.0720 e. The summed E-state index contributed by atoms with van der Waals surface area (Å²) < 4.78 is 6.31. The number of aliphatic hydroxyl groups excluding tert-OH is 1. The Morgan fingerprint density at radius 3 is 1.91 bits per heavy atom. The van der Waals surface area contributed by atoms with Crippen LogP contribution in [-0.4, -0.2) is 17.3 Å². The van der Waals surface area contributed by atoms with Crippen LogP contribution in [0.5, 0.6) is 0 Å². The molecule has 0 fully saturated rings. The summed E-state index contributed by atoms with van der Waals surface area (Å²) in [6, 6.07) is 10.4. The fraction of sp³-hybridized carbons (Fsp3) is 0.733. The lowest BCUT2D eigenvalue weighted by molar-refractivity contribution is -0.0122. The van der Waals surface area contributed by atoms with Crippen LogP contribution in [0.2, 0.25) is 0 Å². The van der Waals surface area contributed by atoms with Gasteiger partial charge in [0.15, 0.2) is 0 Å². The molecule has 1 N–H and O–H groups in total. The Labute approximate surface area is 199 Å². The number of hydrogen-bond donors (Lipinski definition) is 1. The minimum Gasteiger partial charge on any atom is -0.392 e. The Morgan fingerprint density at radius 2 is 1.31 bits per heavy atom. The third-order valence-electron chi connectivity index (χ3n) is 6.65. The van der Waals surface area contributed by atoms with Crippen LogP contribution in [0.4, 0.5) is 0 Å². The predicted molar refractivity (Wildman–Crippen MR) is 140 cm³/mol. The van der Waals surface area contributed by atoms with E-state index in [9.17, 15) is 5.11 Å². The lowest BCUT2D eigenvalue weighted by Crippen LogP contribution is -2.26. The van der Waals surface area contributed by atoms with E-state index in [0.717, 1.165) is 12.8 Å². The van der Waals surface area contributed by atoms with Gasteiger partial charge < -0.3 is 9.84 Å². The molecule has 0 heterocycles. The highest BCUT2D eigenvalue weighted by atomic mass is 16.5. The Balaban J connectivity index is 2.42. The van der Waals surface area contributed by atoms with Crippen molar-refractivity contribution in [3.05, 3.63) is 48.6 Å². The van der Waals surface area contributed by atoms with Crippen LogP contribution in [-0.2, 0) is 11.3 Å². The molecule has 0 saturated heterocycles. The summed E-state index contributed by atoms with van der Waals surface area (Å²) in [5, 5.41) is 10.9. The molecule has 0 radical (unpaired) electrons. The quantitative estimate of drug-likeness (QED) is 0.143. The number of aliphatic hydroxyl groups is 1. The van der Waals surface area contributed by atoms with Gasteiger partial charge in [0.05, 0.1) is 18.8 Å². The van der Waals surface area contributed by atoms with Gasteiger partial charge in [0, 0.05) is 12.3 Å². The van der Waals surface area contributed by atoms with E-state index in [2.05, 4.69) is 44.7 Å². The molecule has 0 aliphatic carbocycles. The first-order valence-electron chi connectivity index (χ1n) is 13.7. The first-order valence-corrected chi connectivity index (χ1v) is 13.7. The molecule has 0 bridgehead atoms. The number of rotatable bonds is 22. The Bertz CT molecular complexity index is 527. The Hall–Kier alpha value is -1.12. The zero-order valence-corrected chi connectivity index (χ0v) is 21.3. The molecule has 2 nitrogen and oxygen atoms in total. The minimum absolute atomic E-state index is 0.118. The molecule has 184 valence electrons. The van der Waals surface area contributed by atoms with Gasteiger partial charge in [-0.15, -0.1) is 6.58 Å². The molecule has 32 heavy (non-hydrogen) atoms. The van der Waals surface area contributed by atoms with Crippen LogP contribution in [0.3, 0.4) is 0 Å². The highest BCUT2D eigenvalue weighted by Gasteiger charge is 2.21. The summed E-state index contributed by atoms with van der Waals surface area (Å²) in [5.41, 5.74) is 1.21. The van der Waals surface area contributed by atoms with Gasteiger partial charge in [0.2, 0.25) is 0 Å². The van der Waals surface area contributed by atoms with Gasteiger partial charge in [-0.3, -0.25) is 0 Å². The second kappa shape index (κ2) is 20.5. The highest BCUT2D eigenvalue weighted by molar-refractivity contribution is 5.13. The maximum absolute atomic E-state index is 10.9. The summed E-state index contributed by atoms with van der Waals surface area (Å²) in [5.74, 6) is 0.179. The first-order chi connectivity index (χ1) is 15.7. The van der Waals surface area contributed by atoms with Crippen molar-refractivity contribution in [3.63, 3.8) is 0 Å². The van der Waals surface area contributed by atoms with E-state index in [1.165, 1.54) is 89.0 Å². The topological polar surface area (TPSA) is 29.5 Å². The standard InChI is InChI=1S/C30H52O2/c1-4-7-9-11-12-13-14-15-20-24-29(32-26-27-21-17-16-18-22-27)25-30(31)28(6-3)23-19-10-8-5-2/h6,16-18,21-22,28-31H,3-5,7-15,19-20,23-26H2,1-2H3/t28-,29+,30-/m0/s1. The summed E-state index contributed by atoms with van der Waals surface area (Å²) in [6.07, 6.45) is 21.5. The highest BCUT2D eigenvalue weighted by Crippen LogP contribution is 2.23. The Morgan fingerprint density at radius 1 is 0.781 bits per heavy atom. The van der Waals surface area contributed by atoms with Crippen molar-refractivity contribution in [2.75, 3.05) is 0 Å². The molecule has 0 aromatic heterocycles. The van der Waals surface area contributed by atoms with Crippen LogP contribution in [0.25, 0.3) is 0 Å². The van der Waals surface area contributed by atoms with E-state index in [-0.39, 0.29) is 18.1 Å². The summed E-state index contributed by atoms with van der Waals surface area (Å²) in [7, 11) is 0. The van der Waals surface area contributed by atoms with Gasteiger partial charge in [-0.2, -0.15) is 0 Å². The molecule has 1 aromatic carbocycles. The van der Waals surface area contributed by atoms with Gasteiger partial charge >= 0.3 is 0 Å². The van der Waals surface area contributed by atoms with E-state index in [0.29, 0.717) is 13.0 Å². The average Bonchev–Trinajstić information content (AvgIpc) is 2.82. The van der Waals surface area contributed by atoms with Crippen molar-refractivity contribution in [2.45, 2.75) is 135 Å². The molecule has 0 spiro atoms. The molecule has 1 aromatic rings. The number of hydrogen-bond acceptors (Lipinski definition) is 2. The van der Waals surface area contributed by atoms with Gasteiger partial charge in [-0.25, -0.2) is 0 Å². The SMILES string of the molecule is C=C[C@@H](CCCCCC)[C@@H](O)C[C@@H](CCCCCCCCCCC)OCc1ccccc1. The second-order valence-corrected chi connectivity index (χ2v) is 9.59. The van der Waals surface area contributed by atoms with E-state index in [1.807, 2.05) is 12.1 Å². The molecular formula is C30H52O2. The monoisotopic (exact) mass is 444 g/mol. The summed E-state index contributed by atoms with van der Waals surface area (Å²) in [6.45, 7) is 9.15. The molecule has 0 unspecified atom stereocenters. The van der Waals surface area contributed by atoms with E-state index in [1.54, 1.807) is 0 Å². The second-order valence-electron chi connectivity index (χ2n) is 9.59. The van der Waals surface area contributed by atoms with Crippen molar-refractivity contribution in [3.8, 4) is 0 Å². The molecule has 0 amide bonds. The first kappa shape index (κ1) is 28.9. The van der Waals surface area contributed by atoms with Crippen molar-refractivity contribution < 1.29 is 9.84 Å². The maximum atomic E-state index is 10.9. The molecule has 0 aliphatic rings. The van der Waals surface area contributed by atoms with Crippen LogP contribution >= 0.6 is 0 Å². The van der Waals surface area contributed by atoms with Crippen LogP contribution in [0.1, 0.15) is 122 Å². The average molecular weight is 445 g/mol. The zero-order chi connectivity index (χ0) is 23.3. The number of ether oxygens (including phenoxy) is 1. The number of benzene rings is 1. The van der Waals surface area contributed by atoms with Crippen LogP contribution < -0.4 is 0 Å². The predicted octanol–water partition coefficient (Wildman–Crippen LogP) is 9.02. The third kappa shape index (κ3) is 14.9. The largest absolute Gasteiger partial charge is 0.392 e. The van der Waals surface area contributed by atoms with Crippen LogP contribution in [0.15, 0.2) is 43.0 Å². The van der Waals surface area contributed by atoms with Crippen molar-refractivity contribution in [1.82, 2.24) is 0 Å². The minimum atomic E-state index is -0.353. The molecular weight excluding hydrogens is 392 g/mol. The lowest BCUT2D eigenvalue weighted by atomic mass is 9.90.